The molecule has 0 unspecified atom stereocenters. The molecule has 0 fully saturated rings. The zero-order chi connectivity index (χ0) is 13.1. The van der Waals surface area contributed by atoms with E-state index >= 15 is 0 Å². The van der Waals surface area contributed by atoms with Crippen molar-refractivity contribution in [3.63, 3.8) is 0 Å². The molecule has 0 heterocycles. The molecule has 0 saturated carbocycles. The van der Waals surface area contributed by atoms with E-state index in [9.17, 15) is 4.79 Å². The van der Waals surface area contributed by atoms with Gasteiger partial charge in [-0.05, 0) is 37.6 Å². The first kappa shape index (κ1) is 16.4. The van der Waals surface area contributed by atoms with Gasteiger partial charge in [0.05, 0.1) is 0 Å². The fourth-order valence-corrected chi connectivity index (χ4v) is 1.86. The molecule has 0 aliphatic rings. The van der Waals surface area contributed by atoms with Crippen LogP contribution in [0.25, 0.3) is 0 Å². The Labute approximate surface area is 105 Å². The summed E-state index contributed by atoms with van der Waals surface area (Å²) in [4.78, 5) is 11.6. The van der Waals surface area contributed by atoms with Crippen molar-refractivity contribution in [1.29, 1.82) is 0 Å². The molecule has 0 spiro atoms. The molecule has 4 nitrogen and oxygen atoms in total. The van der Waals surface area contributed by atoms with Crippen molar-refractivity contribution in [2.24, 2.45) is 17.6 Å². The highest BCUT2D eigenvalue weighted by molar-refractivity contribution is 5.76. The number of nitrogens with two attached hydrogens (primary N) is 1. The number of methoxy groups -OCH3 is 1. The molecule has 0 aliphatic heterocycles. The highest BCUT2D eigenvalue weighted by Crippen LogP contribution is 2.13. The van der Waals surface area contributed by atoms with Crippen LogP contribution in [0.3, 0.4) is 0 Å². The number of carbonyl (C=O) groups is 1. The lowest BCUT2D eigenvalue weighted by molar-refractivity contribution is -0.122. The fourth-order valence-electron chi connectivity index (χ4n) is 1.86. The van der Waals surface area contributed by atoms with Crippen LogP contribution in [0, 0.1) is 11.8 Å². The van der Waals surface area contributed by atoms with Gasteiger partial charge in [0.1, 0.15) is 0 Å². The summed E-state index contributed by atoms with van der Waals surface area (Å²) in [5, 5.41) is 2.93. The Balaban J connectivity index is 3.61. The predicted octanol–water partition coefficient (Wildman–Crippen LogP) is 1.54. The summed E-state index contributed by atoms with van der Waals surface area (Å²) >= 11 is 0. The van der Waals surface area contributed by atoms with E-state index in [0.717, 1.165) is 32.4 Å². The standard InChI is InChI=1S/C13H28N2O2/c1-11(2)8-12(10-14)9-13(16)15-6-4-5-7-17-3/h11-12H,4-10,14H2,1-3H3,(H,15,16)/t12-/m0/s1. The molecule has 0 radical (unpaired) electrons. The number of hydrogen-bond donors (Lipinski definition) is 2. The second kappa shape index (κ2) is 10.5. The maximum atomic E-state index is 11.6. The third-order valence-electron chi connectivity index (χ3n) is 2.71. The molecule has 4 heteroatoms. The first-order valence-corrected chi connectivity index (χ1v) is 6.55. The van der Waals surface area contributed by atoms with E-state index in [2.05, 4.69) is 19.2 Å². The Bertz CT molecular complexity index is 196. The first-order valence-electron chi connectivity index (χ1n) is 6.55. The van der Waals surface area contributed by atoms with E-state index in [1.807, 2.05) is 0 Å². The SMILES string of the molecule is COCCCCNC(=O)C[C@@H](CN)CC(C)C. The van der Waals surface area contributed by atoms with Crippen molar-refractivity contribution in [1.82, 2.24) is 5.32 Å². The predicted molar refractivity (Wildman–Crippen MR) is 70.7 cm³/mol. The van der Waals surface area contributed by atoms with Crippen LogP contribution in [0.5, 0.6) is 0 Å². The fraction of sp³-hybridized carbons (Fsp3) is 0.923. The summed E-state index contributed by atoms with van der Waals surface area (Å²) in [7, 11) is 1.69. The second-order valence-electron chi connectivity index (χ2n) is 4.99. The van der Waals surface area contributed by atoms with Crippen molar-refractivity contribution in [3.8, 4) is 0 Å². The summed E-state index contributed by atoms with van der Waals surface area (Å²) in [5.74, 6) is 1.03. The van der Waals surface area contributed by atoms with Crippen LogP contribution in [0.4, 0.5) is 0 Å². The number of carbonyl (C=O) groups excluding carboxylic acids is 1. The normalized spacial score (nSPS) is 12.8. The Morgan fingerprint density at radius 2 is 2.06 bits per heavy atom. The molecule has 1 atom stereocenters. The van der Waals surface area contributed by atoms with Gasteiger partial charge in [0.25, 0.3) is 0 Å². The Morgan fingerprint density at radius 1 is 1.35 bits per heavy atom. The molecule has 0 aromatic rings. The summed E-state index contributed by atoms with van der Waals surface area (Å²) < 4.78 is 4.95. The van der Waals surface area contributed by atoms with Gasteiger partial charge in [0.2, 0.25) is 5.91 Å². The van der Waals surface area contributed by atoms with E-state index < -0.39 is 0 Å². The first-order chi connectivity index (χ1) is 8.10. The van der Waals surface area contributed by atoms with E-state index in [1.54, 1.807) is 7.11 Å². The number of ether oxygens (including phenoxy) is 1. The van der Waals surface area contributed by atoms with Crippen LogP contribution in [0.15, 0.2) is 0 Å². The van der Waals surface area contributed by atoms with Gasteiger partial charge in [-0.3, -0.25) is 4.79 Å². The minimum Gasteiger partial charge on any atom is -0.385 e. The molecule has 1 amide bonds. The van der Waals surface area contributed by atoms with Crippen molar-refractivity contribution in [2.45, 2.75) is 39.5 Å². The topological polar surface area (TPSA) is 64.3 Å². The van der Waals surface area contributed by atoms with Crippen LogP contribution < -0.4 is 11.1 Å². The molecule has 102 valence electrons. The number of hydrogen-bond acceptors (Lipinski definition) is 3. The van der Waals surface area contributed by atoms with E-state index in [4.69, 9.17) is 10.5 Å². The summed E-state index contributed by atoms with van der Waals surface area (Å²) in [5.41, 5.74) is 5.67. The highest BCUT2D eigenvalue weighted by atomic mass is 16.5. The minimum atomic E-state index is 0.124. The van der Waals surface area contributed by atoms with Crippen LogP contribution in [0.1, 0.15) is 39.5 Å². The number of amides is 1. The zero-order valence-corrected chi connectivity index (χ0v) is 11.5. The molecule has 3 N–H and O–H groups in total. The van der Waals surface area contributed by atoms with Gasteiger partial charge in [-0.1, -0.05) is 13.8 Å². The molecule has 0 bridgehead atoms. The van der Waals surface area contributed by atoms with Crippen molar-refractivity contribution < 1.29 is 9.53 Å². The molecule has 0 aliphatic carbocycles. The van der Waals surface area contributed by atoms with Gasteiger partial charge in [0.15, 0.2) is 0 Å². The molecular formula is C13H28N2O2. The molecule has 0 aromatic carbocycles. The number of unbranched alkanes of at least 4 members (excludes halogenated alkanes) is 1. The average Bonchev–Trinajstić information content (AvgIpc) is 2.27. The zero-order valence-electron chi connectivity index (χ0n) is 11.5. The van der Waals surface area contributed by atoms with E-state index in [0.29, 0.717) is 24.8 Å². The number of rotatable bonds is 10. The molecule has 0 aromatic heterocycles. The highest BCUT2D eigenvalue weighted by Gasteiger charge is 2.13. The van der Waals surface area contributed by atoms with E-state index in [1.165, 1.54) is 0 Å². The Hall–Kier alpha value is -0.610. The van der Waals surface area contributed by atoms with Crippen LogP contribution in [-0.2, 0) is 9.53 Å². The maximum Gasteiger partial charge on any atom is 0.220 e. The molecule has 17 heavy (non-hydrogen) atoms. The lowest BCUT2D eigenvalue weighted by Gasteiger charge is -2.16. The third-order valence-corrected chi connectivity index (χ3v) is 2.71. The summed E-state index contributed by atoms with van der Waals surface area (Å²) in [6, 6.07) is 0. The third kappa shape index (κ3) is 10.3. The second-order valence-corrected chi connectivity index (χ2v) is 4.99. The van der Waals surface area contributed by atoms with Crippen LogP contribution in [-0.4, -0.2) is 32.7 Å². The largest absolute Gasteiger partial charge is 0.385 e. The van der Waals surface area contributed by atoms with Crippen LogP contribution in [0.2, 0.25) is 0 Å². The smallest absolute Gasteiger partial charge is 0.220 e. The van der Waals surface area contributed by atoms with Crippen molar-refractivity contribution in [3.05, 3.63) is 0 Å². The van der Waals surface area contributed by atoms with Crippen molar-refractivity contribution >= 4 is 5.91 Å². The average molecular weight is 244 g/mol. The lowest BCUT2D eigenvalue weighted by atomic mass is 9.94. The maximum absolute atomic E-state index is 11.6. The Kier molecular flexibility index (Phi) is 10.2. The van der Waals surface area contributed by atoms with Gasteiger partial charge in [-0.15, -0.1) is 0 Å². The van der Waals surface area contributed by atoms with E-state index in [-0.39, 0.29) is 5.91 Å². The van der Waals surface area contributed by atoms with Gasteiger partial charge >= 0.3 is 0 Å². The van der Waals surface area contributed by atoms with Crippen LogP contribution >= 0.6 is 0 Å². The number of nitrogens with one attached hydrogen (secondary N) is 1. The molecule has 0 saturated heterocycles. The molecule has 0 rings (SSSR count). The minimum absolute atomic E-state index is 0.124. The lowest BCUT2D eigenvalue weighted by Crippen LogP contribution is -2.29. The summed E-state index contributed by atoms with van der Waals surface area (Å²) in [6.07, 6.45) is 3.53. The van der Waals surface area contributed by atoms with Gasteiger partial charge in [0, 0.05) is 26.7 Å². The summed E-state index contributed by atoms with van der Waals surface area (Å²) in [6.45, 7) is 6.40. The monoisotopic (exact) mass is 244 g/mol. The quantitative estimate of drug-likeness (QED) is 0.573. The molecular weight excluding hydrogens is 216 g/mol. The van der Waals surface area contributed by atoms with Gasteiger partial charge in [-0.2, -0.15) is 0 Å². The Morgan fingerprint density at radius 3 is 2.59 bits per heavy atom. The van der Waals surface area contributed by atoms with Crippen molar-refractivity contribution in [2.75, 3.05) is 26.8 Å². The van der Waals surface area contributed by atoms with Gasteiger partial charge < -0.3 is 15.8 Å². The van der Waals surface area contributed by atoms with Gasteiger partial charge in [-0.25, -0.2) is 0 Å².